The molecule has 3 aromatic heterocycles. The number of aromatic nitrogens is 4. The number of ether oxygens (including phenoxy) is 1. The number of aliphatic hydroxyl groups is 2. The van der Waals surface area contributed by atoms with Gasteiger partial charge in [-0.15, -0.1) is 0 Å². The summed E-state index contributed by atoms with van der Waals surface area (Å²) < 4.78 is 22.7. The van der Waals surface area contributed by atoms with E-state index in [1.165, 1.54) is 6.33 Å². The van der Waals surface area contributed by atoms with E-state index < -0.39 is 30.3 Å². The summed E-state index contributed by atoms with van der Waals surface area (Å²) in [6.45, 7) is -1.00. The molecule has 33 heavy (non-hydrogen) atoms. The van der Waals surface area contributed by atoms with Crippen LogP contribution in [0.2, 0.25) is 0 Å². The lowest BCUT2D eigenvalue weighted by Gasteiger charge is -2.29. The Kier molecular flexibility index (Phi) is 5.34. The zero-order valence-corrected chi connectivity index (χ0v) is 19.0. The topological polar surface area (TPSA) is 145 Å². The Morgan fingerprint density at radius 2 is 2.00 bits per heavy atom. The van der Waals surface area contributed by atoms with Gasteiger partial charge in [-0.05, 0) is 46.6 Å². The number of fused-ring (bicyclic) bond motifs is 2. The molecule has 0 radical (unpaired) electrons. The number of hydrogen-bond donors (Lipinski definition) is 4. The van der Waals surface area contributed by atoms with Crippen molar-refractivity contribution in [3.05, 3.63) is 47.3 Å². The van der Waals surface area contributed by atoms with Crippen LogP contribution < -0.4 is 16.2 Å². The number of rotatable bonds is 5. The first-order valence-corrected chi connectivity index (χ1v) is 11.1. The fourth-order valence-electron chi connectivity index (χ4n) is 4.52. The van der Waals surface area contributed by atoms with Gasteiger partial charge in [0.05, 0.1) is 39.5 Å². The lowest BCUT2D eigenvalue weighted by molar-refractivity contribution is -0.0533. The van der Waals surface area contributed by atoms with Crippen LogP contribution in [0.5, 0.6) is 5.75 Å². The second-order valence-corrected chi connectivity index (χ2v) is 9.28. The van der Waals surface area contributed by atoms with Crippen molar-refractivity contribution in [3.8, 4) is 5.75 Å². The normalized spacial score (nSPS) is 25.2. The molecule has 1 aromatic carbocycles. The van der Waals surface area contributed by atoms with Gasteiger partial charge in [0.1, 0.15) is 42.1 Å². The van der Waals surface area contributed by atoms with Gasteiger partial charge in [0.2, 0.25) is 0 Å². The van der Waals surface area contributed by atoms with E-state index in [9.17, 15) is 14.6 Å². The average Bonchev–Trinajstić information content (AvgIpc) is 3.34. The maximum atomic E-state index is 14.4. The van der Waals surface area contributed by atoms with Crippen molar-refractivity contribution < 1.29 is 19.3 Å². The number of alkyl halides is 1. The first-order chi connectivity index (χ1) is 15.8. The highest BCUT2D eigenvalue weighted by atomic mass is 79.9. The number of hydrogen-bond acceptors (Lipinski definition) is 8. The summed E-state index contributed by atoms with van der Waals surface area (Å²) in [4.78, 5) is 12.5. The third-order valence-corrected chi connectivity index (χ3v) is 7.06. The Balaban J connectivity index is 1.41. The Bertz CT molecular complexity index is 1350. The fourth-order valence-corrected chi connectivity index (χ4v) is 4.86. The van der Waals surface area contributed by atoms with Gasteiger partial charge in [0, 0.05) is 17.6 Å². The first kappa shape index (κ1) is 21.8. The van der Waals surface area contributed by atoms with Crippen molar-refractivity contribution in [1.82, 2.24) is 19.5 Å². The van der Waals surface area contributed by atoms with Gasteiger partial charge < -0.3 is 31.0 Å². The Labute approximate surface area is 196 Å². The number of nitrogens with zero attached hydrogens (tertiary/aromatic N) is 4. The van der Waals surface area contributed by atoms with Crippen molar-refractivity contribution in [2.45, 2.75) is 24.7 Å². The molecule has 11 heteroatoms. The van der Waals surface area contributed by atoms with Crippen LogP contribution in [0.25, 0.3) is 21.9 Å². The minimum absolute atomic E-state index is 0.133. The molecule has 1 saturated carbocycles. The van der Waals surface area contributed by atoms with Gasteiger partial charge in [-0.3, -0.25) is 4.39 Å². The largest absolute Gasteiger partial charge is 0.493 e. The smallest absolute Gasteiger partial charge is 0.145 e. The standard InChI is InChI=1S/C22H22BrFN6O3/c23-14-5-11-1-2-12(6-15(11)29-20(14)26)33-9-22(8-24)7-16(17(31)18(22)32)30-4-3-13-19(25)27-10-28-21(13)30/h1-6,10,16-18,31-32H,7-9H2,(H2,26,29)(H2,25,27,28)/t16-,17+,18+,22?/m1/s1. The van der Waals surface area contributed by atoms with Crippen LogP contribution in [0.4, 0.5) is 16.0 Å². The molecule has 172 valence electrons. The van der Waals surface area contributed by atoms with Crippen LogP contribution in [-0.2, 0) is 0 Å². The maximum absolute atomic E-state index is 14.4. The molecule has 0 aliphatic heterocycles. The number of benzene rings is 1. The summed E-state index contributed by atoms with van der Waals surface area (Å²) in [6, 6.07) is 8.25. The Hall–Kier alpha value is -3.02. The van der Waals surface area contributed by atoms with Gasteiger partial charge in [-0.25, -0.2) is 15.0 Å². The molecule has 6 N–H and O–H groups in total. The summed E-state index contributed by atoms with van der Waals surface area (Å²) >= 11 is 3.35. The molecule has 4 aromatic rings. The van der Waals surface area contributed by atoms with E-state index in [1.807, 2.05) is 12.1 Å². The first-order valence-electron chi connectivity index (χ1n) is 10.3. The molecular weight excluding hydrogens is 495 g/mol. The van der Waals surface area contributed by atoms with Crippen molar-refractivity contribution in [2.75, 3.05) is 24.7 Å². The molecule has 1 fully saturated rings. The van der Waals surface area contributed by atoms with E-state index in [-0.39, 0.29) is 13.0 Å². The molecule has 1 aliphatic carbocycles. The van der Waals surface area contributed by atoms with Gasteiger partial charge in [-0.2, -0.15) is 0 Å². The number of anilines is 2. The molecular formula is C22H22BrFN6O3. The quantitative estimate of drug-likeness (QED) is 0.316. The monoisotopic (exact) mass is 516 g/mol. The lowest BCUT2D eigenvalue weighted by atomic mass is 9.86. The van der Waals surface area contributed by atoms with Crippen LogP contribution in [0, 0.1) is 5.41 Å². The molecule has 1 unspecified atom stereocenters. The third-order valence-electron chi connectivity index (χ3n) is 6.42. The van der Waals surface area contributed by atoms with Crippen molar-refractivity contribution in [2.24, 2.45) is 5.41 Å². The number of nitrogen functional groups attached to an aromatic ring is 2. The number of nitrogens with two attached hydrogens (primary N) is 2. The Morgan fingerprint density at radius 1 is 1.18 bits per heavy atom. The van der Waals surface area contributed by atoms with E-state index in [0.717, 1.165) is 5.39 Å². The van der Waals surface area contributed by atoms with Crippen LogP contribution >= 0.6 is 15.9 Å². The SMILES string of the molecule is Nc1nc2cc(OCC3(CF)C[C@@H](n4ccc5c(N)ncnc54)[C@H](O)[C@@H]3O)ccc2cc1Br. The van der Waals surface area contributed by atoms with Crippen molar-refractivity contribution >= 4 is 49.5 Å². The zero-order valence-electron chi connectivity index (χ0n) is 17.4. The second-order valence-electron chi connectivity index (χ2n) is 8.42. The van der Waals surface area contributed by atoms with Crippen LogP contribution in [0.3, 0.4) is 0 Å². The number of pyridine rings is 1. The van der Waals surface area contributed by atoms with E-state index in [4.69, 9.17) is 16.2 Å². The third kappa shape index (κ3) is 3.56. The number of aliphatic hydroxyl groups excluding tert-OH is 2. The summed E-state index contributed by atoms with van der Waals surface area (Å²) in [5.74, 6) is 1.12. The van der Waals surface area contributed by atoms with Crippen LogP contribution in [0.15, 0.2) is 47.3 Å². The highest BCUT2D eigenvalue weighted by molar-refractivity contribution is 9.10. The number of halogens is 2. The molecule has 4 atom stereocenters. The van der Waals surface area contributed by atoms with Crippen molar-refractivity contribution in [1.29, 1.82) is 0 Å². The van der Waals surface area contributed by atoms with E-state index >= 15 is 0 Å². The summed E-state index contributed by atoms with van der Waals surface area (Å²) in [5.41, 5.74) is 11.6. The molecule has 9 nitrogen and oxygen atoms in total. The summed E-state index contributed by atoms with van der Waals surface area (Å²) in [6.07, 6.45) is 0.631. The Morgan fingerprint density at radius 3 is 2.79 bits per heavy atom. The molecule has 3 heterocycles. The maximum Gasteiger partial charge on any atom is 0.145 e. The summed E-state index contributed by atoms with van der Waals surface area (Å²) in [5, 5.41) is 23.2. The van der Waals surface area contributed by atoms with E-state index in [0.29, 0.717) is 38.4 Å². The molecule has 0 amide bonds. The van der Waals surface area contributed by atoms with Gasteiger partial charge >= 0.3 is 0 Å². The minimum atomic E-state index is -1.34. The predicted octanol–water partition coefficient (Wildman–Crippen LogP) is 2.61. The van der Waals surface area contributed by atoms with Gasteiger partial charge in [0.15, 0.2) is 0 Å². The fraction of sp³-hybridized carbons (Fsp3) is 0.318. The van der Waals surface area contributed by atoms with Crippen LogP contribution in [0.1, 0.15) is 12.5 Å². The summed E-state index contributed by atoms with van der Waals surface area (Å²) in [7, 11) is 0. The molecule has 1 aliphatic rings. The molecule has 5 rings (SSSR count). The van der Waals surface area contributed by atoms with Crippen molar-refractivity contribution in [3.63, 3.8) is 0 Å². The highest BCUT2D eigenvalue weighted by Crippen LogP contribution is 2.46. The second kappa shape index (κ2) is 8.08. The van der Waals surface area contributed by atoms with E-state index in [1.54, 1.807) is 29.0 Å². The average molecular weight is 517 g/mol. The van der Waals surface area contributed by atoms with Crippen LogP contribution in [-0.4, -0.2) is 55.2 Å². The van der Waals surface area contributed by atoms with Gasteiger partial charge in [-0.1, -0.05) is 0 Å². The van der Waals surface area contributed by atoms with Gasteiger partial charge in [0.25, 0.3) is 0 Å². The minimum Gasteiger partial charge on any atom is -0.493 e. The highest BCUT2D eigenvalue weighted by Gasteiger charge is 2.54. The predicted molar refractivity (Wildman–Crippen MR) is 125 cm³/mol. The zero-order chi connectivity index (χ0) is 23.3. The lowest BCUT2D eigenvalue weighted by Crippen LogP contribution is -2.42. The molecule has 0 spiro atoms. The molecule has 0 bridgehead atoms. The molecule has 0 saturated heterocycles. The van der Waals surface area contributed by atoms with E-state index in [2.05, 4.69) is 30.9 Å².